The molecular weight excluding hydrogens is 214 g/mol. The maximum absolute atomic E-state index is 10.4. The lowest BCUT2D eigenvalue weighted by atomic mass is 9.95. The van der Waals surface area contributed by atoms with Crippen molar-refractivity contribution >= 4 is 6.41 Å². The summed E-state index contributed by atoms with van der Waals surface area (Å²) in [5, 5.41) is 10.0. The van der Waals surface area contributed by atoms with Crippen LogP contribution >= 0.6 is 0 Å². The highest BCUT2D eigenvalue weighted by atomic mass is 16.5. The van der Waals surface area contributed by atoms with Gasteiger partial charge in [-0.05, 0) is 37.7 Å². The molecule has 94 valence electrons. The van der Waals surface area contributed by atoms with Gasteiger partial charge in [0.2, 0.25) is 6.41 Å². The Labute approximate surface area is 103 Å². The normalized spacial score (nSPS) is 14.1. The molecule has 0 heterocycles. The summed E-state index contributed by atoms with van der Waals surface area (Å²) in [6.07, 6.45) is 3.59. The Balaban J connectivity index is 2.29. The van der Waals surface area contributed by atoms with Gasteiger partial charge in [-0.2, -0.15) is 0 Å². The highest BCUT2D eigenvalue weighted by Crippen LogP contribution is 2.16. The summed E-state index contributed by atoms with van der Waals surface area (Å²) < 4.78 is 0. The number of hydrogen-bond acceptors (Lipinski definition) is 2. The van der Waals surface area contributed by atoms with E-state index in [1.54, 1.807) is 0 Å². The average molecular weight is 235 g/mol. The molecule has 2 unspecified atom stereocenters. The maximum atomic E-state index is 10.4. The zero-order valence-electron chi connectivity index (χ0n) is 10.5. The van der Waals surface area contributed by atoms with Crippen molar-refractivity contribution in [3.63, 3.8) is 0 Å². The van der Waals surface area contributed by atoms with Gasteiger partial charge in [0.15, 0.2) is 0 Å². The van der Waals surface area contributed by atoms with E-state index in [2.05, 4.69) is 19.1 Å². The summed E-state index contributed by atoms with van der Waals surface area (Å²) in [7, 11) is 0. The van der Waals surface area contributed by atoms with Crippen molar-refractivity contribution in [1.29, 1.82) is 0 Å². The van der Waals surface area contributed by atoms with Gasteiger partial charge in [-0.25, -0.2) is 5.06 Å². The summed E-state index contributed by atoms with van der Waals surface area (Å²) >= 11 is 0. The van der Waals surface area contributed by atoms with Crippen molar-refractivity contribution in [1.82, 2.24) is 5.06 Å². The van der Waals surface area contributed by atoms with Crippen molar-refractivity contribution in [2.45, 2.75) is 39.2 Å². The number of amides is 1. The third-order valence-electron chi connectivity index (χ3n) is 3.32. The second kappa shape index (κ2) is 7.07. The van der Waals surface area contributed by atoms with Gasteiger partial charge in [-0.3, -0.25) is 10.0 Å². The van der Waals surface area contributed by atoms with Crippen LogP contribution in [0.25, 0.3) is 0 Å². The Kier molecular flexibility index (Phi) is 5.70. The molecule has 1 rings (SSSR count). The first-order valence-electron chi connectivity index (χ1n) is 6.11. The SMILES string of the molecule is CC(CCCc1ccccc1)C(C)N(O)C=O. The van der Waals surface area contributed by atoms with Crippen LogP contribution in [0.15, 0.2) is 30.3 Å². The monoisotopic (exact) mass is 235 g/mol. The lowest BCUT2D eigenvalue weighted by molar-refractivity contribution is -0.163. The molecular formula is C14H21NO2. The summed E-state index contributed by atoms with van der Waals surface area (Å²) in [5.74, 6) is 0.300. The second-order valence-corrected chi connectivity index (χ2v) is 4.58. The third-order valence-corrected chi connectivity index (χ3v) is 3.32. The standard InChI is InChI=1S/C14H21NO2/c1-12(13(2)15(17)11-16)7-6-10-14-8-4-3-5-9-14/h3-5,8-9,11-13,17H,6-7,10H2,1-2H3. The van der Waals surface area contributed by atoms with Crippen LogP contribution < -0.4 is 0 Å². The number of carbonyl (C=O) groups excluding carboxylic acids is 1. The number of carbonyl (C=O) groups is 1. The van der Waals surface area contributed by atoms with E-state index < -0.39 is 0 Å². The fourth-order valence-corrected chi connectivity index (χ4v) is 1.87. The summed E-state index contributed by atoms with van der Waals surface area (Å²) in [6.45, 7) is 3.92. The van der Waals surface area contributed by atoms with Crippen molar-refractivity contribution in [2.24, 2.45) is 5.92 Å². The largest absolute Gasteiger partial charge is 0.286 e. The first-order chi connectivity index (χ1) is 8.15. The molecule has 0 aliphatic heterocycles. The highest BCUT2D eigenvalue weighted by molar-refractivity contribution is 5.45. The minimum absolute atomic E-state index is 0.122. The third kappa shape index (κ3) is 4.57. The minimum Gasteiger partial charge on any atom is -0.286 e. The fraction of sp³-hybridized carbons (Fsp3) is 0.500. The molecule has 0 radical (unpaired) electrons. The molecule has 0 aliphatic rings. The van der Waals surface area contributed by atoms with E-state index in [-0.39, 0.29) is 6.04 Å². The topological polar surface area (TPSA) is 40.5 Å². The molecule has 0 aromatic heterocycles. The van der Waals surface area contributed by atoms with Crippen LogP contribution in [0.5, 0.6) is 0 Å². The van der Waals surface area contributed by atoms with Gasteiger partial charge in [-0.1, -0.05) is 37.3 Å². The second-order valence-electron chi connectivity index (χ2n) is 4.58. The molecule has 3 nitrogen and oxygen atoms in total. The van der Waals surface area contributed by atoms with E-state index in [1.165, 1.54) is 5.56 Å². The Hall–Kier alpha value is -1.35. The predicted molar refractivity (Wildman–Crippen MR) is 67.7 cm³/mol. The lowest BCUT2D eigenvalue weighted by Crippen LogP contribution is -2.33. The summed E-state index contributed by atoms with van der Waals surface area (Å²) in [4.78, 5) is 10.4. The molecule has 1 aromatic rings. The van der Waals surface area contributed by atoms with Crippen LogP contribution in [0.1, 0.15) is 32.3 Å². The molecule has 3 heteroatoms. The van der Waals surface area contributed by atoms with E-state index in [0.717, 1.165) is 24.3 Å². The molecule has 0 saturated heterocycles. The molecule has 2 atom stereocenters. The maximum Gasteiger partial charge on any atom is 0.233 e. The van der Waals surface area contributed by atoms with Gasteiger partial charge in [0.25, 0.3) is 0 Å². The van der Waals surface area contributed by atoms with E-state index >= 15 is 0 Å². The molecule has 1 amide bonds. The van der Waals surface area contributed by atoms with Crippen LogP contribution in [-0.2, 0) is 11.2 Å². The average Bonchev–Trinajstić information content (AvgIpc) is 2.38. The van der Waals surface area contributed by atoms with Gasteiger partial charge in [-0.15, -0.1) is 0 Å². The zero-order chi connectivity index (χ0) is 12.7. The van der Waals surface area contributed by atoms with Crippen LogP contribution in [0.4, 0.5) is 0 Å². The smallest absolute Gasteiger partial charge is 0.233 e. The van der Waals surface area contributed by atoms with Crippen LogP contribution in [0.3, 0.4) is 0 Å². The van der Waals surface area contributed by atoms with Crippen molar-refractivity contribution in [3.8, 4) is 0 Å². The Morgan fingerprint density at radius 1 is 1.29 bits per heavy atom. The fourth-order valence-electron chi connectivity index (χ4n) is 1.87. The predicted octanol–water partition coefficient (Wildman–Crippen LogP) is 2.88. The first kappa shape index (κ1) is 13.7. The van der Waals surface area contributed by atoms with Gasteiger partial charge < -0.3 is 0 Å². The molecule has 0 bridgehead atoms. The van der Waals surface area contributed by atoms with Gasteiger partial charge in [0.1, 0.15) is 0 Å². The van der Waals surface area contributed by atoms with Gasteiger partial charge >= 0.3 is 0 Å². The molecule has 1 N–H and O–H groups in total. The number of aryl methyl sites for hydroxylation is 1. The Morgan fingerprint density at radius 3 is 2.53 bits per heavy atom. The van der Waals surface area contributed by atoms with Crippen molar-refractivity contribution < 1.29 is 10.0 Å². The summed E-state index contributed by atoms with van der Waals surface area (Å²) in [6, 6.07) is 10.2. The number of rotatable bonds is 7. The molecule has 0 fully saturated rings. The van der Waals surface area contributed by atoms with Crippen LogP contribution in [0, 0.1) is 5.92 Å². The molecule has 0 saturated carbocycles. The lowest BCUT2D eigenvalue weighted by Gasteiger charge is -2.24. The van der Waals surface area contributed by atoms with Crippen LogP contribution in [0.2, 0.25) is 0 Å². The van der Waals surface area contributed by atoms with E-state index in [1.807, 2.05) is 25.1 Å². The molecule has 0 aliphatic carbocycles. The zero-order valence-corrected chi connectivity index (χ0v) is 10.5. The Morgan fingerprint density at radius 2 is 1.94 bits per heavy atom. The van der Waals surface area contributed by atoms with Gasteiger partial charge in [0.05, 0.1) is 6.04 Å². The number of benzene rings is 1. The number of hydrogen-bond donors (Lipinski definition) is 1. The van der Waals surface area contributed by atoms with E-state index in [0.29, 0.717) is 12.3 Å². The molecule has 17 heavy (non-hydrogen) atoms. The van der Waals surface area contributed by atoms with Crippen molar-refractivity contribution in [2.75, 3.05) is 0 Å². The quantitative estimate of drug-likeness (QED) is 0.448. The first-order valence-corrected chi connectivity index (χ1v) is 6.11. The molecule has 0 spiro atoms. The highest BCUT2D eigenvalue weighted by Gasteiger charge is 2.16. The van der Waals surface area contributed by atoms with E-state index in [9.17, 15) is 10.0 Å². The van der Waals surface area contributed by atoms with Gasteiger partial charge in [0, 0.05) is 0 Å². The molecule has 1 aromatic carbocycles. The number of nitrogens with zero attached hydrogens (tertiary/aromatic N) is 1. The van der Waals surface area contributed by atoms with Crippen molar-refractivity contribution in [3.05, 3.63) is 35.9 Å². The number of hydroxylamine groups is 2. The van der Waals surface area contributed by atoms with E-state index in [4.69, 9.17) is 0 Å². The summed E-state index contributed by atoms with van der Waals surface area (Å²) in [5.41, 5.74) is 1.34. The van der Waals surface area contributed by atoms with Crippen LogP contribution in [-0.4, -0.2) is 22.7 Å². The minimum atomic E-state index is -0.122. The Bertz CT molecular complexity index is 326.